The Morgan fingerprint density at radius 2 is 2.07 bits per heavy atom. The van der Waals surface area contributed by atoms with Crippen molar-refractivity contribution in [2.24, 2.45) is 0 Å². The van der Waals surface area contributed by atoms with Gasteiger partial charge in [-0.25, -0.2) is 0 Å². The van der Waals surface area contributed by atoms with Crippen LogP contribution in [0, 0.1) is 12.3 Å². The van der Waals surface area contributed by atoms with E-state index in [-0.39, 0.29) is 24.8 Å². The molecule has 0 saturated carbocycles. The Hall–Kier alpha value is -3.44. The molecule has 0 aliphatic heterocycles. The lowest BCUT2D eigenvalue weighted by molar-refractivity contribution is -0.116. The van der Waals surface area contributed by atoms with Crippen molar-refractivity contribution >= 4 is 28.8 Å². The monoisotopic (exact) mass is 380 g/mol. The highest BCUT2D eigenvalue weighted by Gasteiger charge is 2.14. The van der Waals surface area contributed by atoms with Crippen molar-refractivity contribution in [3.8, 4) is 23.8 Å². The zero-order valence-corrected chi connectivity index (χ0v) is 15.1. The predicted octanol–water partition coefficient (Wildman–Crippen LogP) is 2.73. The second-order valence-corrected chi connectivity index (χ2v) is 6.27. The van der Waals surface area contributed by atoms with Crippen LogP contribution >= 0.6 is 11.3 Å². The number of hydrogen-bond acceptors (Lipinski definition) is 6. The smallest absolute Gasteiger partial charge is 0.254 e. The Morgan fingerprint density at radius 1 is 1.22 bits per heavy atom. The number of para-hydroxylation sites is 1. The molecule has 0 bridgehead atoms. The number of aromatic nitrogens is 2. The van der Waals surface area contributed by atoms with Gasteiger partial charge in [0.25, 0.3) is 5.91 Å². The molecule has 2 N–H and O–H groups in total. The second-order valence-electron chi connectivity index (χ2n) is 5.49. The van der Waals surface area contributed by atoms with Crippen LogP contribution in [0.3, 0.4) is 0 Å². The minimum atomic E-state index is -0.346. The first kappa shape index (κ1) is 18.4. The molecule has 0 unspecified atom stereocenters. The zero-order chi connectivity index (χ0) is 19.1. The van der Waals surface area contributed by atoms with E-state index in [0.29, 0.717) is 29.5 Å². The van der Waals surface area contributed by atoms with Gasteiger partial charge < -0.3 is 15.1 Å². The molecule has 0 aliphatic carbocycles. The van der Waals surface area contributed by atoms with Gasteiger partial charge in [-0.2, -0.15) is 11.3 Å². The summed E-state index contributed by atoms with van der Waals surface area (Å²) in [7, 11) is 0. The number of thiophene rings is 1. The van der Waals surface area contributed by atoms with Crippen LogP contribution in [-0.2, 0) is 11.2 Å². The van der Waals surface area contributed by atoms with Crippen molar-refractivity contribution in [2.75, 3.05) is 11.9 Å². The minimum absolute atomic E-state index is 0.116. The summed E-state index contributed by atoms with van der Waals surface area (Å²) < 4.78 is 5.56. The number of nitrogens with one attached hydrogen (secondary N) is 2. The van der Waals surface area contributed by atoms with Crippen LogP contribution in [0.1, 0.15) is 22.7 Å². The van der Waals surface area contributed by atoms with Gasteiger partial charge in [0.2, 0.25) is 17.7 Å². The van der Waals surface area contributed by atoms with E-state index < -0.39 is 0 Å². The van der Waals surface area contributed by atoms with Gasteiger partial charge in [-0.15, -0.1) is 16.6 Å². The van der Waals surface area contributed by atoms with E-state index in [1.54, 1.807) is 24.3 Å². The number of benzene rings is 1. The third kappa shape index (κ3) is 4.80. The van der Waals surface area contributed by atoms with Gasteiger partial charge in [0.05, 0.1) is 17.8 Å². The summed E-state index contributed by atoms with van der Waals surface area (Å²) >= 11 is 1.54. The number of amides is 2. The van der Waals surface area contributed by atoms with Gasteiger partial charge in [-0.3, -0.25) is 9.59 Å². The highest BCUT2D eigenvalue weighted by molar-refractivity contribution is 7.08. The van der Waals surface area contributed by atoms with Gasteiger partial charge in [0, 0.05) is 23.8 Å². The number of hydrogen-bond donors (Lipinski definition) is 2. The minimum Gasteiger partial charge on any atom is -0.421 e. The zero-order valence-electron chi connectivity index (χ0n) is 14.3. The SMILES string of the molecule is C#CCNC(=O)c1ccccc1NC(=O)CCc1nnc(-c2ccsc2)o1. The molecule has 0 radical (unpaired) electrons. The molecular weight excluding hydrogens is 364 g/mol. The van der Waals surface area contributed by atoms with E-state index in [1.807, 2.05) is 16.8 Å². The van der Waals surface area contributed by atoms with Crippen molar-refractivity contribution in [2.45, 2.75) is 12.8 Å². The number of anilines is 1. The molecule has 27 heavy (non-hydrogen) atoms. The fourth-order valence-corrected chi connectivity index (χ4v) is 2.94. The molecule has 0 spiro atoms. The summed E-state index contributed by atoms with van der Waals surface area (Å²) in [5, 5.41) is 17.1. The van der Waals surface area contributed by atoms with Gasteiger partial charge >= 0.3 is 0 Å². The van der Waals surface area contributed by atoms with Crippen molar-refractivity contribution < 1.29 is 14.0 Å². The Balaban J connectivity index is 1.59. The van der Waals surface area contributed by atoms with Crippen molar-refractivity contribution in [1.82, 2.24) is 15.5 Å². The van der Waals surface area contributed by atoms with Gasteiger partial charge in [0.1, 0.15) is 0 Å². The van der Waals surface area contributed by atoms with Gasteiger partial charge in [-0.1, -0.05) is 18.1 Å². The molecular formula is C19H16N4O3S. The maximum atomic E-state index is 12.2. The Labute approximate surface area is 159 Å². The molecule has 2 aromatic heterocycles. The average Bonchev–Trinajstić information content (AvgIpc) is 3.36. The standard InChI is InChI=1S/C19H16N4O3S/c1-2-10-20-18(25)14-5-3-4-6-15(14)21-16(24)7-8-17-22-23-19(26-17)13-9-11-27-12-13/h1,3-6,9,11-12H,7-8,10H2,(H,20,25)(H,21,24). The van der Waals surface area contributed by atoms with E-state index in [9.17, 15) is 9.59 Å². The third-order valence-corrected chi connectivity index (χ3v) is 4.28. The number of carbonyl (C=O) groups is 2. The van der Waals surface area contributed by atoms with Crippen LogP contribution in [0.5, 0.6) is 0 Å². The van der Waals surface area contributed by atoms with Crippen LogP contribution in [0.25, 0.3) is 11.5 Å². The largest absolute Gasteiger partial charge is 0.421 e. The van der Waals surface area contributed by atoms with Crippen LogP contribution in [-0.4, -0.2) is 28.6 Å². The second kappa shape index (κ2) is 8.78. The molecule has 136 valence electrons. The van der Waals surface area contributed by atoms with Crippen molar-refractivity contribution in [3.63, 3.8) is 0 Å². The molecule has 1 aromatic carbocycles. The average molecular weight is 380 g/mol. The summed E-state index contributed by atoms with van der Waals surface area (Å²) in [6.45, 7) is 0.116. The van der Waals surface area contributed by atoms with Crippen LogP contribution < -0.4 is 10.6 Å². The van der Waals surface area contributed by atoms with Crippen LogP contribution in [0.2, 0.25) is 0 Å². The Kier molecular flexibility index (Phi) is 5.97. The molecule has 2 heterocycles. The molecule has 3 aromatic rings. The number of rotatable bonds is 7. The van der Waals surface area contributed by atoms with Crippen molar-refractivity contribution in [1.29, 1.82) is 0 Å². The first-order chi connectivity index (χ1) is 13.2. The summed E-state index contributed by atoms with van der Waals surface area (Å²) in [4.78, 5) is 24.4. The normalized spacial score (nSPS) is 10.2. The molecule has 3 rings (SSSR count). The predicted molar refractivity (Wildman–Crippen MR) is 102 cm³/mol. The molecule has 0 aliphatic rings. The fraction of sp³-hybridized carbons (Fsp3) is 0.158. The lowest BCUT2D eigenvalue weighted by Gasteiger charge is -2.10. The Bertz CT molecular complexity index is 973. The van der Waals surface area contributed by atoms with Gasteiger partial charge in [0.15, 0.2) is 0 Å². The molecule has 0 atom stereocenters. The summed E-state index contributed by atoms with van der Waals surface area (Å²) in [6, 6.07) is 8.61. The van der Waals surface area contributed by atoms with E-state index >= 15 is 0 Å². The maximum Gasteiger partial charge on any atom is 0.254 e. The van der Waals surface area contributed by atoms with Crippen LogP contribution in [0.15, 0.2) is 45.5 Å². The number of aryl methyl sites for hydroxylation is 1. The maximum absolute atomic E-state index is 12.2. The molecule has 2 amide bonds. The number of terminal acetylenes is 1. The lowest BCUT2D eigenvalue weighted by atomic mass is 10.1. The highest BCUT2D eigenvalue weighted by Crippen LogP contribution is 2.21. The quantitative estimate of drug-likeness (QED) is 0.614. The van der Waals surface area contributed by atoms with E-state index in [1.165, 1.54) is 11.3 Å². The van der Waals surface area contributed by atoms with Crippen molar-refractivity contribution in [3.05, 3.63) is 52.5 Å². The number of carbonyl (C=O) groups excluding carboxylic acids is 2. The van der Waals surface area contributed by atoms with E-state index in [0.717, 1.165) is 5.56 Å². The molecule has 7 nitrogen and oxygen atoms in total. The molecule has 8 heteroatoms. The summed E-state index contributed by atoms with van der Waals surface area (Å²) in [5.41, 5.74) is 1.62. The topological polar surface area (TPSA) is 97.1 Å². The third-order valence-electron chi connectivity index (χ3n) is 3.60. The molecule has 0 saturated heterocycles. The fourth-order valence-electron chi connectivity index (χ4n) is 2.31. The number of nitrogens with zero attached hydrogens (tertiary/aromatic N) is 2. The Morgan fingerprint density at radius 3 is 2.85 bits per heavy atom. The summed E-state index contributed by atoms with van der Waals surface area (Å²) in [6.07, 6.45) is 5.59. The lowest BCUT2D eigenvalue weighted by Crippen LogP contribution is -2.25. The van der Waals surface area contributed by atoms with Crippen LogP contribution in [0.4, 0.5) is 5.69 Å². The first-order valence-corrected chi connectivity index (χ1v) is 9.07. The summed E-state index contributed by atoms with van der Waals surface area (Å²) in [5.74, 6) is 2.54. The van der Waals surface area contributed by atoms with E-state index in [4.69, 9.17) is 10.8 Å². The highest BCUT2D eigenvalue weighted by atomic mass is 32.1. The molecule has 0 fully saturated rings. The van der Waals surface area contributed by atoms with Gasteiger partial charge in [-0.05, 0) is 23.6 Å². The first-order valence-electron chi connectivity index (χ1n) is 8.13. The van der Waals surface area contributed by atoms with E-state index in [2.05, 4.69) is 26.8 Å².